The van der Waals surface area contributed by atoms with Crippen molar-refractivity contribution in [2.75, 3.05) is 20.2 Å². The zero-order valence-corrected chi connectivity index (χ0v) is 18.3. The molecular weight excluding hydrogens is 414 g/mol. The summed E-state index contributed by atoms with van der Waals surface area (Å²) in [5.74, 6) is 0.975. The molecule has 6 nitrogen and oxygen atoms in total. The number of hydrogen-bond acceptors (Lipinski definition) is 5. The van der Waals surface area contributed by atoms with Crippen molar-refractivity contribution in [3.63, 3.8) is 0 Å². The van der Waals surface area contributed by atoms with E-state index in [1.807, 2.05) is 42.5 Å². The smallest absolute Gasteiger partial charge is 0.290 e. The normalized spacial score (nSPS) is 16.8. The molecule has 0 spiro atoms. The zero-order chi connectivity index (χ0) is 21.6. The second kappa shape index (κ2) is 9.98. The van der Waals surface area contributed by atoms with Crippen LogP contribution in [0.5, 0.6) is 5.75 Å². The summed E-state index contributed by atoms with van der Waals surface area (Å²) in [5, 5.41) is 7.83. The Balaban J connectivity index is 1.34. The van der Waals surface area contributed by atoms with Crippen molar-refractivity contribution >= 4 is 17.5 Å². The number of piperidine rings is 1. The van der Waals surface area contributed by atoms with E-state index in [9.17, 15) is 4.79 Å². The lowest BCUT2D eigenvalue weighted by Gasteiger charge is -2.31. The highest BCUT2D eigenvalue weighted by Gasteiger charge is 2.25. The van der Waals surface area contributed by atoms with Gasteiger partial charge in [-0.15, -0.1) is 0 Å². The second-order valence-corrected chi connectivity index (χ2v) is 8.29. The summed E-state index contributed by atoms with van der Waals surface area (Å²) in [7, 11) is 1.62. The predicted octanol–water partition coefficient (Wildman–Crippen LogP) is 4.65. The third kappa shape index (κ3) is 5.66. The second-order valence-electron chi connectivity index (χ2n) is 7.85. The topological polar surface area (TPSA) is 67.6 Å². The molecule has 1 fully saturated rings. The molecule has 0 bridgehead atoms. The van der Waals surface area contributed by atoms with Gasteiger partial charge in [0, 0.05) is 36.6 Å². The van der Waals surface area contributed by atoms with Crippen molar-refractivity contribution in [1.82, 2.24) is 15.4 Å². The maximum Gasteiger partial charge on any atom is 0.290 e. The van der Waals surface area contributed by atoms with Crippen LogP contribution in [-0.2, 0) is 13.1 Å². The Bertz CT molecular complexity index is 1040. The molecule has 162 valence electrons. The number of rotatable bonds is 7. The molecule has 7 heteroatoms. The molecule has 4 rings (SSSR count). The molecule has 1 aromatic heterocycles. The van der Waals surface area contributed by atoms with Gasteiger partial charge in [-0.2, -0.15) is 0 Å². The van der Waals surface area contributed by atoms with Gasteiger partial charge in [0.15, 0.2) is 0 Å². The van der Waals surface area contributed by atoms with Crippen LogP contribution in [0.3, 0.4) is 0 Å². The number of hydrogen-bond donors (Lipinski definition) is 1. The number of likely N-dealkylation sites (tertiary alicyclic amines) is 1. The predicted molar refractivity (Wildman–Crippen MR) is 119 cm³/mol. The van der Waals surface area contributed by atoms with Crippen LogP contribution in [0.1, 0.15) is 46.1 Å². The minimum absolute atomic E-state index is 0.241. The molecule has 2 heterocycles. The Morgan fingerprint density at radius 3 is 2.90 bits per heavy atom. The van der Waals surface area contributed by atoms with Crippen LogP contribution < -0.4 is 10.1 Å². The van der Waals surface area contributed by atoms with Gasteiger partial charge in [0.1, 0.15) is 5.75 Å². The molecule has 1 N–H and O–H groups in total. The lowest BCUT2D eigenvalue weighted by atomic mass is 9.94. The van der Waals surface area contributed by atoms with Gasteiger partial charge in [-0.1, -0.05) is 41.0 Å². The van der Waals surface area contributed by atoms with Crippen molar-refractivity contribution in [1.29, 1.82) is 0 Å². The van der Waals surface area contributed by atoms with E-state index in [0.29, 0.717) is 6.54 Å². The van der Waals surface area contributed by atoms with E-state index in [-0.39, 0.29) is 17.6 Å². The van der Waals surface area contributed by atoms with E-state index < -0.39 is 0 Å². The van der Waals surface area contributed by atoms with Gasteiger partial charge in [-0.25, -0.2) is 0 Å². The number of methoxy groups -OCH3 is 1. The van der Waals surface area contributed by atoms with Crippen LogP contribution in [0, 0.1) is 0 Å². The fraction of sp³-hybridized carbons (Fsp3) is 0.333. The Morgan fingerprint density at radius 2 is 2.06 bits per heavy atom. The molecule has 1 saturated heterocycles. The van der Waals surface area contributed by atoms with Gasteiger partial charge in [-0.05, 0) is 54.8 Å². The molecule has 0 saturated carbocycles. The molecule has 1 aliphatic heterocycles. The van der Waals surface area contributed by atoms with E-state index in [1.165, 1.54) is 5.56 Å². The number of ether oxygens (including phenoxy) is 1. The van der Waals surface area contributed by atoms with Crippen LogP contribution in [0.25, 0.3) is 0 Å². The molecule has 1 unspecified atom stereocenters. The zero-order valence-electron chi connectivity index (χ0n) is 17.5. The first-order valence-electron chi connectivity index (χ1n) is 10.5. The van der Waals surface area contributed by atoms with Crippen molar-refractivity contribution in [2.24, 2.45) is 0 Å². The Labute approximate surface area is 187 Å². The van der Waals surface area contributed by atoms with Crippen LogP contribution in [0.2, 0.25) is 5.02 Å². The average Bonchev–Trinajstić information content (AvgIpc) is 3.28. The summed E-state index contributed by atoms with van der Waals surface area (Å²) in [5.41, 5.74) is 2.99. The summed E-state index contributed by atoms with van der Waals surface area (Å²) >= 11 is 6.11. The standard InChI is InChI=1S/C24H26ClN3O3/c1-30-21-9-3-5-17(12-21)14-26-24(29)23-13-22(27-31-23)19-7-4-10-28(16-19)15-18-6-2-8-20(25)11-18/h2-3,5-6,8-9,11-13,19H,4,7,10,14-16H2,1H3,(H,26,29). The number of benzene rings is 2. The lowest BCUT2D eigenvalue weighted by molar-refractivity contribution is 0.0913. The summed E-state index contributed by atoms with van der Waals surface area (Å²) in [4.78, 5) is 14.9. The summed E-state index contributed by atoms with van der Waals surface area (Å²) in [6.45, 7) is 3.16. The third-order valence-electron chi connectivity index (χ3n) is 5.56. The minimum atomic E-state index is -0.270. The molecule has 2 aromatic carbocycles. The summed E-state index contributed by atoms with van der Waals surface area (Å²) < 4.78 is 10.6. The first-order chi connectivity index (χ1) is 15.1. The van der Waals surface area contributed by atoms with Crippen molar-refractivity contribution in [2.45, 2.75) is 31.8 Å². The van der Waals surface area contributed by atoms with Crippen LogP contribution in [0.15, 0.2) is 59.1 Å². The molecule has 1 aliphatic rings. The van der Waals surface area contributed by atoms with Gasteiger partial charge < -0.3 is 14.6 Å². The fourth-order valence-corrected chi connectivity index (χ4v) is 4.19. The van der Waals surface area contributed by atoms with Gasteiger partial charge in [0.2, 0.25) is 5.76 Å². The first kappa shape index (κ1) is 21.4. The highest BCUT2D eigenvalue weighted by atomic mass is 35.5. The van der Waals surface area contributed by atoms with Crippen LogP contribution in [0.4, 0.5) is 0 Å². The van der Waals surface area contributed by atoms with E-state index in [0.717, 1.165) is 54.5 Å². The van der Waals surface area contributed by atoms with Crippen molar-refractivity contribution in [3.8, 4) is 5.75 Å². The summed E-state index contributed by atoms with van der Waals surface area (Å²) in [6, 6.07) is 17.3. The molecular formula is C24H26ClN3O3. The maximum absolute atomic E-state index is 12.5. The molecule has 0 aliphatic carbocycles. The quantitative estimate of drug-likeness (QED) is 0.580. The number of aromatic nitrogens is 1. The van der Waals surface area contributed by atoms with E-state index in [4.69, 9.17) is 20.9 Å². The van der Waals surface area contributed by atoms with Gasteiger partial charge in [0.25, 0.3) is 5.91 Å². The molecule has 1 amide bonds. The first-order valence-corrected chi connectivity index (χ1v) is 10.8. The monoisotopic (exact) mass is 439 g/mol. The highest BCUT2D eigenvalue weighted by Crippen LogP contribution is 2.28. The molecule has 0 radical (unpaired) electrons. The molecule has 1 atom stereocenters. The third-order valence-corrected chi connectivity index (χ3v) is 5.79. The van der Waals surface area contributed by atoms with Gasteiger partial charge in [-0.3, -0.25) is 9.69 Å². The Kier molecular flexibility index (Phi) is 6.89. The average molecular weight is 440 g/mol. The number of nitrogens with zero attached hydrogens (tertiary/aromatic N) is 2. The van der Waals surface area contributed by atoms with Gasteiger partial charge >= 0.3 is 0 Å². The van der Waals surface area contributed by atoms with E-state index >= 15 is 0 Å². The SMILES string of the molecule is COc1cccc(CNC(=O)c2cc(C3CCCN(Cc4cccc(Cl)c4)C3)no2)c1. The van der Waals surface area contributed by atoms with Crippen LogP contribution >= 0.6 is 11.6 Å². The largest absolute Gasteiger partial charge is 0.497 e. The summed E-state index contributed by atoms with van der Waals surface area (Å²) in [6.07, 6.45) is 2.11. The van der Waals surface area contributed by atoms with E-state index in [2.05, 4.69) is 21.4 Å². The number of nitrogens with one attached hydrogen (secondary N) is 1. The minimum Gasteiger partial charge on any atom is -0.497 e. The highest BCUT2D eigenvalue weighted by molar-refractivity contribution is 6.30. The Morgan fingerprint density at radius 1 is 1.23 bits per heavy atom. The number of halogens is 1. The van der Waals surface area contributed by atoms with Crippen molar-refractivity contribution in [3.05, 3.63) is 82.2 Å². The van der Waals surface area contributed by atoms with Crippen LogP contribution in [-0.4, -0.2) is 36.2 Å². The molecule has 3 aromatic rings. The molecule has 31 heavy (non-hydrogen) atoms. The lowest BCUT2D eigenvalue weighted by Crippen LogP contribution is -2.34. The van der Waals surface area contributed by atoms with E-state index in [1.54, 1.807) is 13.2 Å². The van der Waals surface area contributed by atoms with Crippen molar-refractivity contribution < 1.29 is 14.1 Å². The number of carbonyl (C=O) groups excluding carboxylic acids is 1. The van der Waals surface area contributed by atoms with Gasteiger partial charge in [0.05, 0.1) is 12.8 Å². The maximum atomic E-state index is 12.5. The number of carbonyl (C=O) groups is 1. The Hall–Kier alpha value is -2.83. The fourth-order valence-electron chi connectivity index (χ4n) is 3.97. The number of amides is 1.